The lowest BCUT2D eigenvalue weighted by Gasteiger charge is -2.10. The molecular formula is C9H20N4O2S. The fraction of sp³-hybridized carbons (Fsp3) is 0.778. The number of guanidine groups is 1. The van der Waals surface area contributed by atoms with Gasteiger partial charge in [-0.3, -0.25) is 9.79 Å². The van der Waals surface area contributed by atoms with E-state index in [0.717, 1.165) is 5.75 Å². The Labute approximate surface area is 100.0 Å². The van der Waals surface area contributed by atoms with Crippen molar-refractivity contribution in [3.63, 3.8) is 0 Å². The van der Waals surface area contributed by atoms with Crippen molar-refractivity contribution in [2.45, 2.75) is 18.9 Å². The molecule has 0 aromatic carbocycles. The minimum Gasteiger partial charge on any atom is -0.464 e. The van der Waals surface area contributed by atoms with Crippen molar-refractivity contribution >= 4 is 23.7 Å². The number of hydrogen-bond acceptors (Lipinski definition) is 5. The summed E-state index contributed by atoms with van der Waals surface area (Å²) in [6, 6.07) is -0.587. The highest BCUT2D eigenvalue weighted by Gasteiger charge is 2.13. The van der Waals surface area contributed by atoms with Gasteiger partial charge in [0.1, 0.15) is 12.6 Å². The summed E-state index contributed by atoms with van der Waals surface area (Å²) in [5, 5.41) is 0. The number of esters is 1. The molecule has 0 aliphatic heterocycles. The maximum atomic E-state index is 11.3. The second-order valence-corrected chi connectivity index (χ2v) is 4.20. The van der Waals surface area contributed by atoms with E-state index in [4.69, 9.17) is 21.9 Å². The van der Waals surface area contributed by atoms with Crippen molar-refractivity contribution in [1.29, 1.82) is 0 Å². The van der Waals surface area contributed by atoms with E-state index in [0.29, 0.717) is 26.0 Å². The average Bonchev–Trinajstić information content (AvgIpc) is 2.24. The zero-order valence-corrected chi connectivity index (χ0v) is 10.3. The first-order valence-corrected chi connectivity index (χ1v) is 6.44. The molecule has 6 nitrogen and oxygen atoms in total. The van der Waals surface area contributed by atoms with Crippen LogP contribution in [-0.4, -0.2) is 43.1 Å². The molecule has 0 saturated carbocycles. The number of thioether (sulfide) groups is 1. The van der Waals surface area contributed by atoms with E-state index in [1.54, 1.807) is 11.8 Å². The van der Waals surface area contributed by atoms with Crippen molar-refractivity contribution in [2.24, 2.45) is 22.2 Å². The van der Waals surface area contributed by atoms with Crippen LogP contribution in [0.4, 0.5) is 0 Å². The summed E-state index contributed by atoms with van der Waals surface area (Å²) in [5.74, 6) is 0.474. The predicted molar refractivity (Wildman–Crippen MR) is 67.2 cm³/mol. The van der Waals surface area contributed by atoms with E-state index in [1.807, 2.05) is 6.26 Å². The first kappa shape index (κ1) is 15.0. The van der Waals surface area contributed by atoms with E-state index in [-0.39, 0.29) is 11.9 Å². The Morgan fingerprint density at radius 1 is 1.50 bits per heavy atom. The summed E-state index contributed by atoms with van der Waals surface area (Å²) in [7, 11) is 0. The zero-order chi connectivity index (χ0) is 12.4. The first-order chi connectivity index (χ1) is 7.57. The quantitative estimate of drug-likeness (QED) is 0.226. The maximum absolute atomic E-state index is 11.3. The molecule has 0 saturated heterocycles. The van der Waals surface area contributed by atoms with Crippen LogP contribution in [0.5, 0.6) is 0 Å². The number of ether oxygens (including phenoxy) is 1. The third kappa shape index (κ3) is 8.37. The minimum absolute atomic E-state index is 0.0520. The van der Waals surface area contributed by atoms with E-state index >= 15 is 0 Å². The standard InChI is InChI=1S/C9H20N4O2S/c1-16-6-5-15-8(14)7(10)3-2-4-13-9(11)12/h7H,2-6,10H2,1H3,(H4,11,12,13)/t7-/m0/s1. The minimum atomic E-state index is -0.587. The van der Waals surface area contributed by atoms with Gasteiger partial charge in [-0.15, -0.1) is 0 Å². The Balaban J connectivity index is 3.59. The number of carbonyl (C=O) groups excluding carboxylic acids is 1. The van der Waals surface area contributed by atoms with Gasteiger partial charge in [-0.05, 0) is 19.1 Å². The Bertz CT molecular complexity index is 232. The Morgan fingerprint density at radius 2 is 2.19 bits per heavy atom. The number of nitrogens with two attached hydrogens (primary N) is 3. The molecule has 94 valence electrons. The lowest BCUT2D eigenvalue weighted by molar-refractivity contribution is -0.144. The summed E-state index contributed by atoms with van der Waals surface area (Å²) in [6.45, 7) is 0.885. The molecule has 0 aliphatic carbocycles. The second-order valence-electron chi connectivity index (χ2n) is 3.22. The van der Waals surface area contributed by atoms with Gasteiger partial charge in [0.2, 0.25) is 0 Å². The normalized spacial score (nSPS) is 11.9. The molecule has 0 bridgehead atoms. The molecule has 0 aliphatic rings. The molecule has 16 heavy (non-hydrogen) atoms. The smallest absolute Gasteiger partial charge is 0.322 e. The van der Waals surface area contributed by atoms with Crippen LogP contribution < -0.4 is 17.2 Å². The molecule has 7 heteroatoms. The number of carbonyl (C=O) groups is 1. The van der Waals surface area contributed by atoms with Crippen molar-refractivity contribution in [3.05, 3.63) is 0 Å². The van der Waals surface area contributed by atoms with E-state index < -0.39 is 6.04 Å². The van der Waals surface area contributed by atoms with Crippen molar-refractivity contribution in [3.8, 4) is 0 Å². The number of rotatable bonds is 8. The molecule has 0 amide bonds. The van der Waals surface area contributed by atoms with Crippen LogP contribution in [0.15, 0.2) is 4.99 Å². The Morgan fingerprint density at radius 3 is 2.75 bits per heavy atom. The molecule has 0 aromatic rings. The molecule has 0 heterocycles. The zero-order valence-electron chi connectivity index (χ0n) is 9.52. The van der Waals surface area contributed by atoms with Crippen molar-refractivity contribution in [2.75, 3.05) is 25.2 Å². The number of hydrogen-bond donors (Lipinski definition) is 3. The van der Waals surface area contributed by atoms with Crippen LogP contribution in [0.2, 0.25) is 0 Å². The van der Waals surface area contributed by atoms with Crippen LogP contribution in [-0.2, 0) is 9.53 Å². The molecule has 1 atom stereocenters. The monoisotopic (exact) mass is 248 g/mol. The lowest BCUT2D eigenvalue weighted by atomic mass is 10.2. The van der Waals surface area contributed by atoms with Crippen LogP contribution in [0.1, 0.15) is 12.8 Å². The average molecular weight is 248 g/mol. The highest BCUT2D eigenvalue weighted by atomic mass is 32.2. The fourth-order valence-corrected chi connectivity index (χ4v) is 1.22. The maximum Gasteiger partial charge on any atom is 0.322 e. The van der Waals surface area contributed by atoms with Gasteiger partial charge in [0.25, 0.3) is 0 Å². The van der Waals surface area contributed by atoms with Gasteiger partial charge in [-0.25, -0.2) is 0 Å². The molecule has 0 radical (unpaired) electrons. The van der Waals surface area contributed by atoms with Crippen LogP contribution >= 0.6 is 11.8 Å². The fourth-order valence-electron chi connectivity index (χ4n) is 0.970. The van der Waals surface area contributed by atoms with E-state index in [9.17, 15) is 4.79 Å². The van der Waals surface area contributed by atoms with Crippen LogP contribution in [0, 0.1) is 0 Å². The molecule has 0 unspecified atom stereocenters. The van der Waals surface area contributed by atoms with Gasteiger partial charge >= 0.3 is 5.97 Å². The first-order valence-electron chi connectivity index (χ1n) is 5.04. The van der Waals surface area contributed by atoms with Crippen molar-refractivity contribution in [1.82, 2.24) is 0 Å². The predicted octanol–water partition coefficient (Wildman–Crippen LogP) is -0.726. The van der Waals surface area contributed by atoms with E-state index in [1.165, 1.54) is 0 Å². The van der Waals surface area contributed by atoms with Gasteiger partial charge < -0.3 is 21.9 Å². The molecule has 6 N–H and O–H groups in total. The highest BCUT2D eigenvalue weighted by Crippen LogP contribution is 1.99. The molecule has 0 aromatic heterocycles. The number of aliphatic imine (C=N–C) groups is 1. The second kappa shape index (κ2) is 9.29. The van der Waals surface area contributed by atoms with E-state index in [2.05, 4.69) is 4.99 Å². The number of nitrogens with zero attached hydrogens (tertiary/aromatic N) is 1. The summed E-state index contributed by atoms with van der Waals surface area (Å²) < 4.78 is 4.95. The van der Waals surface area contributed by atoms with Gasteiger partial charge in [0.15, 0.2) is 5.96 Å². The van der Waals surface area contributed by atoms with Crippen LogP contribution in [0.3, 0.4) is 0 Å². The molecular weight excluding hydrogens is 228 g/mol. The van der Waals surface area contributed by atoms with Crippen molar-refractivity contribution < 1.29 is 9.53 Å². The summed E-state index contributed by atoms with van der Waals surface area (Å²) in [6.07, 6.45) is 3.13. The van der Waals surface area contributed by atoms with Gasteiger partial charge in [-0.1, -0.05) is 0 Å². The van der Waals surface area contributed by atoms with Crippen LogP contribution in [0.25, 0.3) is 0 Å². The summed E-state index contributed by atoms with van der Waals surface area (Å²) in [4.78, 5) is 15.1. The molecule has 0 rings (SSSR count). The molecule has 0 fully saturated rings. The SMILES string of the molecule is CSCCOC(=O)[C@@H](N)CCCN=C(N)N. The molecule has 0 spiro atoms. The highest BCUT2D eigenvalue weighted by molar-refractivity contribution is 7.98. The Hall–Kier alpha value is -0.950. The largest absolute Gasteiger partial charge is 0.464 e. The topological polar surface area (TPSA) is 117 Å². The summed E-state index contributed by atoms with van der Waals surface area (Å²) >= 11 is 1.62. The summed E-state index contributed by atoms with van der Waals surface area (Å²) in [5.41, 5.74) is 15.9. The van der Waals surface area contributed by atoms with Gasteiger partial charge in [0.05, 0.1) is 0 Å². The third-order valence-electron chi connectivity index (χ3n) is 1.80. The van der Waals surface area contributed by atoms with Gasteiger partial charge in [-0.2, -0.15) is 11.8 Å². The lowest BCUT2D eigenvalue weighted by Crippen LogP contribution is -2.33. The van der Waals surface area contributed by atoms with Gasteiger partial charge in [0, 0.05) is 12.3 Å². The third-order valence-corrected chi connectivity index (χ3v) is 2.38. The Kier molecular flexibility index (Phi) is 8.74.